The Kier molecular flexibility index (Phi) is 13.1. The van der Waals surface area contributed by atoms with E-state index in [2.05, 4.69) is 52.8 Å². The van der Waals surface area contributed by atoms with Gasteiger partial charge >= 0.3 is 21.7 Å². The van der Waals surface area contributed by atoms with Crippen molar-refractivity contribution in [2.24, 2.45) is 5.41 Å². The molecule has 0 aromatic carbocycles. The molecule has 0 saturated heterocycles. The second-order valence-electron chi connectivity index (χ2n) is 4.63. The van der Waals surface area contributed by atoms with E-state index in [0.29, 0.717) is 0 Å². The zero-order valence-electron chi connectivity index (χ0n) is 11.8. The standard InChI is InChI=1S/C10H15.C5H5.2ClH.Ti/c1-7-6-10(4,5)9(3)8(7)2;1-2-4-5-3-1;;;/h1-5H3;1-3H,4H2;2*1H;/q2*-1;;;+2. The van der Waals surface area contributed by atoms with E-state index >= 15 is 0 Å². The van der Waals surface area contributed by atoms with E-state index in [9.17, 15) is 0 Å². The van der Waals surface area contributed by atoms with Crippen molar-refractivity contribution in [2.45, 2.75) is 41.0 Å². The Morgan fingerprint density at radius 3 is 1.78 bits per heavy atom. The minimum absolute atomic E-state index is 0. The van der Waals surface area contributed by atoms with E-state index in [1.165, 1.54) is 16.7 Å². The number of hydrogen-bond acceptors (Lipinski definition) is 0. The van der Waals surface area contributed by atoms with Crippen molar-refractivity contribution in [1.82, 2.24) is 0 Å². The van der Waals surface area contributed by atoms with Crippen molar-refractivity contribution in [2.75, 3.05) is 0 Å². The molecule has 0 spiro atoms. The fourth-order valence-corrected chi connectivity index (χ4v) is 1.75. The first-order valence-electron chi connectivity index (χ1n) is 5.47. The van der Waals surface area contributed by atoms with E-state index in [-0.39, 0.29) is 51.9 Å². The molecule has 2 rings (SSSR count). The van der Waals surface area contributed by atoms with Gasteiger partial charge in [0.1, 0.15) is 0 Å². The summed E-state index contributed by atoms with van der Waals surface area (Å²) in [6.45, 7) is 10.9. The summed E-state index contributed by atoms with van der Waals surface area (Å²) in [6.07, 6.45) is 13.4. The van der Waals surface area contributed by atoms with Crippen LogP contribution in [0.2, 0.25) is 0 Å². The molecule has 0 saturated carbocycles. The van der Waals surface area contributed by atoms with Gasteiger partial charge in [0, 0.05) is 0 Å². The molecule has 0 nitrogen and oxygen atoms in total. The third-order valence-corrected chi connectivity index (χ3v) is 3.15. The Hall–Kier alpha value is 0.254. The van der Waals surface area contributed by atoms with Crippen LogP contribution in [0.4, 0.5) is 0 Å². The normalized spacial score (nSPS) is 17.9. The second kappa shape index (κ2) is 10.1. The van der Waals surface area contributed by atoms with E-state index in [4.69, 9.17) is 0 Å². The first-order valence-corrected chi connectivity index (χ1v) is 5.47. The van der Waals surface area contributed by atoms with Crippen LogP contribution in [0.15, 0.2) is 34.9 Å². The third kappa shape index (κ3) is 6.43. The van der Waals surface area contributed by atoms with Crippen molar-refractivity contribution in [1.29, 1.82) is 0 Å². The quantitative estimate of drug-likeness (QED) is 0.422. The molecule has 0 atom stereocenters. The molecule has 0 N–H and O–H groups in total. The van der Waals surface area contributed by atoms with Gasteiger partial charge in [-0.3, -0.25) is 12.2 Å². The molecule has 0 fully saturated rings. The van der Waals surface area contributed by atoms with Crippen LogP contribution in [0.5, 0.6) is 0 Å². The summed E-state index contributed by atoms with van der Waals surface area (Å²) in [4.78, 5) is 0. The van der Waals surface area contributed by atoms with Crippen LogP contribution in [0.25, 0.3) is 0 Å². The van der Waals surface area contributed by atoms with Crippen molar-refractivity contribution in [3.8, 4) is 0 Å². The maximum Gasteiger partial charge on any atom is 2.00 e. The SMILES string of the molecule is CC1=[C-]C(C)(C)C(C)=C1C.Cl.Cl.[C-]1=CC=CC1.[Ti+2]. The van der Waals surface area contributed by atoms with Crippen LogP contribution < -0.4 is 0 Å². The van der Waals surface area contributed by atoms with Crippen LogP contribution in [0, 0.1) is 17.6 Å². The molecule has 3 heteroatoms. The zero-order valence-corrected chi connectivity index (χ0v) is 15.0. The van der Waals surface area contributed by atoms with Crippen LogP contribution in [-0.4, -0.2) is 0 Å². The van der Waals surface area contributed by atoms with Gasteiger partial charge in [0.25, 0.3) is 0 Å². The number of hydrogen-bond donors (Lipinski definition) is 0. The predicted octanol–water partition coefficient (Wildman–Crippen LogP) is 5.26. The monoisotopic (exact) mass is 320 g/mol. The first-order chi connectivity index (χ1) is 6.95. The van der Waals surface area contributed by atoms with Crippen LogP contribution in [0.1, 0.15) is 41.0 Å². The molecule has 0 amide bonds. The number of halogens is 2. The van der Waals surface area contributed by atoms with Crippen LogP contribution in [-0.2, 0) is 21.7 Å². The van der Waals surface area contributed by atoms with Gasteiger partial charge in [-0.15, -0.1) is 38.2 Å². The van der Waals surface area contributed by atoms with E-state index in [0.717, 1.165) is 6.42 Å². The summed E-state index contributed by atoms with van der Waals surface area (Å²) in [5.74, 6) is 0. The third-order valence-electron chi connectivity index (χ3n) is 3.15. The molecule has 0 aromatic rings. The van der Waals surface area contributed by atoms with E-state index in [1.807, 2.05) is 12.2 Å². The average Bonchev–Trinajstić information content (AvgIpc) is 2.76. The average molecular weight is 321 g/mol. The summed E-state index contributed by atoms with van der Waals surface area (Å²) in [7, 11) is 0. The van der Waals surface area contributed by atoms with Gasteiger partial charge in [-0.2, -0.15) is 17.2 Å². The molecule has 2 aliphatic carbocycles. The molecular formula is C15H22Cl2Ti. The van der Waals surface area contributed by atoms with Gasteiger partial charge in [0.05, 0.1) is 0 Å². The summed E-state index contributed by atoms with van der Waals surface area (Å²) in [5.41, 5.74) is 4.39. The maximum absolute atomic E-state index is 3.44. The van der Waals surface area contributed by atoms with Gasteiger partial charge in [-0.25, -0.2) is 17.7 Å². The van der Waals surface area contributed by atoms with Crippen LogP contribution >= 0.6 is 24.8 Å². The van der Waals surface area contributed by atoms with Gasteiger partial charge in [-0.1, -0.05) is 33.1 Å². The Labute approximate surface area is 139 Å². The number of allylic oxidation sites excluding steroid dienone is 8. The summed E-state index contributed by atoms with van der Waals surface area (Å²) in [6, 6.07) is 0. The summed E-state index contributed by atoms with van der Waals surface area (Å²) >= 11 is 0. The second-order valence-corrected chi connectivity index (χ2v) is 4.63. The molecule has 0 heterocycles. The predicted molar refractivity (Wildman–Crippen MR) is 80.7 cm³/mol. The largest absolute Gasteiger partial charge is 2.00 e. The molecule has 0 aliphatic heterocycles. The number of rotatable bonds is 0. The molecule has 0 radical (unpaired) electrons. The topological polar surface area (TPSA) is 0 Å². The molecule has 100 valence electrons. The van der Waals surface area contributed by atoms with Gasteiger partial charge in [-0.05, 0) is 0 Å². The Balaban J connectivity index is -0.000000245. The summed E-state index contributed by atoms with van der Waals surface area (Å²) < 4.78 is 0. The van der Waals surface area contributed by atoms with Crippen molar-refractivity contribution >= 4 is 24.8 Å². The molecular weight excluding hydrogens is 299 g/mol. The molecule has 2 aliphatic rings. The summed E-state index contributed by atoms with van der Waals surface area (Å²) in [5, 5.41) is 0. The minimum Gasteiger partial charge on any atom is -0.273 e. The van der Waals surface area contributed by atoms with E-state index < -0.39 is 0 Å². The van der Waals surface area contributed by atoms with Crippen LogP contribution in [0.3, 0.4) is 0 Å². The minimum atomic E-state index is 0. The van der Waals surface area contributed by atoms with Gasteiger partial charge in [0.15, 0.2) is 0 Å². The maximum atomic E-state index is 3.44. The first kappa shape index (κ1) is 23.4. The van der Waals surface area contributed by atoms with Crippen molar-refractivity contribution in [3.05, 3.63) is 47.1 Å². The Morgan fingerprint density at radius 2 is 1.67 bits per heavy atom. The molecule has 18 heavy (non-hydrogen) atoms. The zero-order chi connectivity index (χ0) is 11.5. The molecule has 0 aromatic heterocycles. The van der Waals surface area contributed by atoms with Crippen molar-refractivity contribution in [3.63, 3.8) is 0 Å². The van der Waals surface area contributed by atoms with Crippen molar-refractivity contribution < 1.29 is 21.7 Å². The Morgan fingerprint density at radius 1 is 1.11 bits per heavy atom. The van der Waals surface area contributed by atoms with Gasteiger partial charge in [0.2, 0.25) is 0 Å². The fraction of sp³-hybridized carbons (Fsp3) is 0.467. The molecule has 0 unspecified atom stereocenters. The smallest absolute Gasteiger partial charge is 0.273 e. The van der Waals surface area contributed by atoms with Gasteiger partial charge < -0.3 is 0 Å². The van der Waals surface area contributed by atoms with E-state index in [1.54, 1.807) is 0 Å². The molecule has 0 bridgehead atoms. The fourth-order valence-electron chi connectivity index (χ4n) is 1.75. The Bertz CT molecular complexity index is 351.